The van der Waals surface area contributed by atoms with Crippen LogP contribution in [0.2, 0.25) is 0 Å². The van der Waals surface area contributed by atoms with Crippen LogP contribution in [0.5, 0.6) is 0 Å². The second-order valence-corrected chi connectivity index (χ2v) is 5.82. The second-order valence-electron chi connectivity index (χ2n) is 4.37. The van der Waals surface area contributed by atoms with Crippen molar-refractivity contribution in [1.29, 1.82) is 0 Å². The first-order chi connectivity index (χ1) is 8.01. The highest BCUT2D eigenvalue weighted by Crippen LogP contribution is 2.35. The second kappa shape index (κ2) is 4.82. The zero-order valence-corrected chi connectivity index (χ0v) is 10.3. The van der Waals surface area contributed by atoms with Crippen LogP contribution in [0.25, 0.3) is 0 Å². The van der Waals surface area contributed by atoms with Crippen molar-refractivity contribution in [2.24, 2.45) is 0 Å². The third kappa shape index (κ3) is 3.33. The molecule has 0 aliphatic carbocycles. The van der Waals surface area contributed by atoms with E-state index in [4.69, 9.17) is 4.74 Å². The molecule has 1 fully saturated rings. The van der Waals surface area contributed by atoms with E-state index >= 15 is 0 Å². The maximum absolute atomic E-state index is 12.3. The summed E-state index contributed by atoms with van der Waals surface area (Å²) in [5, 5.41) is 0. The van der Waals surface area contributed by atoms with Crippen LogP contribution >= 0.6 is 0 Å². The minimum atomic E-state index is -2.41. The zero-order chi connectivity index (χ0) is 12.5. The molecular weight excluding hydrogens is 246 g/mol. The maximum Gasteiger partial charge on any atom is 0.241 e. The molecule has 1 aliphatic rings. The largest absolute Gasteiger partial charge is 0.368 e. The number of hydrogen-bond donors (Lipinski definition) is 0. The first kappa shape index (κ1) is 12.6. The van der Waals surface area contributed by atoms with Crippen molar-refractivity contribution in [2.75, 3.05) is 12.4 Å². The predicted molar refractivity (Wildman–Crippen MR) is 61.8 cm³/mol. The Kier molecular flexibility index (Phi) is 3.58. The number of hydrogen-bond acceptors (Lipinski definition) is 2. The van der Waals surface area contributed by atoms with Gasteiger partial charge in [-0.3, -0.25) is 4.21 Å². The summed E-state index contributed by atoms with van der Waals surface area (Å²) in [4.78, 5) is 0.666. The Morgan fingerprint density at radius 2 is 2.00 bits per heavy atom. The molecule has 2 nitrogen and oxygen atoms in total. The molecule has 0 radical (unpaired) electrons. The Morgan fingerprint density at radius 3 is 2.47 bits per heavy atom. The smallest absolute Gasteiger partial charge is 0.241 e. The Morgan fingerprint density at radius 1 is 1.41 bits per heavy atom. The van der Waals surface area contributed by atoms with Gasteiger partial charge in [0.25, 0.3) is 0 Å². The molecule has 1 saturated heterocycles. The minimum absolute atomic E-state index is 0.153. The summed E-state index contributed by atoms with van der Waals surface area (Å²) in [6, 6.07) is 7.26. The summed E-state index contributed by atoms with van der Waals surface area (Å²) in [5.74, 6) is 0.153. The molecule has 94 valence electrons. The molecule has 1 aromatic carbocycles. The van der Waals surface area contributed by atoms with Gasteiger partial charge >= 0.3 is 0 Å². The summed E-state index contributed by atoms with van der Waals surface area (Å²) in [6.07, 6.45) is -2.74. The fraction of sp³-hybridized carbons (Fsp3) is 0.500. The lowest BCUT2D eigenvalue weighted by Crippen LogP contribution is -2.23. The monoisotopic (exact) mass is 260 g/mol. The van der Waals surface area contributed by atoms with Crippen molar-refractivity contribution in [3.63, 3.8) is 0 Å². The van der Waals surface area contributed by atoms with Gasteiger partial charge in [-0.05, 0) is 19.1 Å². The van der Waals surface area contributed by atoms with Crippen molar-refractivity contribution in [2.45, 2.75) is 30.3 Å². The van der Waals surface area contributed by atoms with Gasteiger partial charge in [-0.25, -0.2) is 8.78 Å². The summed E-state index contributed by atoms with van der Waals surface area (Å²) in [7, 11) is -1.27. The Labute approximate surface area is 101 Å². The Balaban J connectivity index is 2.00. The molecule has 0 aromatic heterocycles. The fourth-order valence-corrected chi connectivity index (χ4v) is 3.02. The van der Waals surface area contributed by atoms with Gasteiger partial charge < -0.3 is 4.74 Å². The van der Waals surface area contributed by atoms with Gasteiger partial charge in [0.15, 0.2) is 0 Å². The summed E-state index contributed by atoms with van der Waals surface area (Å²) in [5.41, 5.74) is 0.222. The van der Waals surface area contributed by atoms with Crippen LogP contribution in [0.4, 0.5) is 8.78 Å². The molecule has 5 heteroatoms. The molecule has 0 unspecified atom stereocenters. The Hall–Kier alpha value is -0.810. The van der Waals surface area contributed by atoms with Gasteiger partial charge in [0.1, 0.15) is 5.60 Å². The first-order valence-electron chi connectivity index (χ1n) is 5.38. The molecule has 1 aliphatic heterocycles. The standard InChI is InChI=1S/C12H14F2O2S/c1-9-2-4-10(5-3-9)17(15)8-12(7-16-12)6-11(13)14/h2-5,11H,6-8H2,1H3/t12-,17-/m1/s1. The van der Waals surface area contributed by atoms with E-state index in [1.807, 2.05) is 19.1 Å². The lowest BCUT2D eigenvalue weighted by Gasteiger charge is -2.10. The van der Waals surface area contributed by atoms with Gasteiger partial charge in [-0.1, -0.05) is 17.7 Å². The van der Waals surface area contributed by atoms with Crippen LogP contribution in [-0.2, 0) is 15.5 Å². The van der Waals surface area contributed by atoms with E-state index in [-0.39, 0.29) is 18.8 Å². The van der Waals surface area contributed by atoms with Crippen LogP contribution in [-0.4, -0.2) is 28.6 Å². The third-order valence-corrected chi connectivity index (χ3v) is 4.34. The van der Waals surface area contributed by atoms with Crippen LogP contribution in [0, 0.1) is 6.92 Å². The van der Waals surface area contributed by atoms with Gasteiger partial charge in [-0.2, -0.15) is 0 Å². The van der Waals surface area contributed by atoms with Gasteiger partial charge in [0.05, 0.1) is 23.2 Å². The molecule has 1 heterocycles. The molecule has 0 bridgehead atoms. The average molecular weight is 260 g/mol. The van der Waals surface area contributed by atoms with Crippen LogP contribution < -0.4 is 0 Å². The molecule has 0 amide bonds. The van der Waals surface area contributed by atoms with Crippen molar-refractivity contribution in [1.82, 2.24) is 0 Å². The highest BCUT2D eigenvalue weighted by molar-refractivity contribution is 7.85. The molecule has 0 spiro atoms. The summed E-state index contributed by atoms with van der Waals surface area (Å²) < 4.78 is 41.6. The van der Waals surface area contributed by atoms with E-state index in [1.165, 1.54) is 0 Å². The van der Waals surface area contributed by atoms with E-state index in [0.29, 0.717) is 4.90 Å². The third-order valence-electron chi connectivity index (χ3n) is 2.76. The van der Waals surface area contributed by atoms with Crippen LogP contribution in [0.1, 0.15) is 12.0 Å². The number of alkyl halides is 2. The van der Waals surface area contributed by atoms with Gasteiger partial charge in [-0.15, -0.1) is 0 Å². The number of halogens is 2. The minimum Gasteiger partial charge on any atom is -0.368 e. The zero-order valence-electron chi connectivity index (χ0n) is 9.49. The molecule has 0 N–H and O–H groups in total. The number of epoxide rings is 1. The van der Waals surface area contributed by atoms with E-state index in [9.17, 15) is 13.0 Å². The summed E-state index contributed by atoms with van der Waals surface area (Å²) >= 11 is 0. The quantitative estimate of drug-likeness (QED) is 0.761. The number of benzene rings is 1. The topological polar surface area (TPSA) is 29.6 Å². The van der Waals surface area contributed by atoms with Crippen molar-refractivity contribution >= 4 is 10.8 Å². The predicted octanol–water partition coefficient (Wildman–Crippen LogP) is 2.53. The average Bonchev–Trinajstić information content (AvgIpc) is 2.97. The number of aryl methyl sites for hydroxylation is 1. The first-order valence-corrected chi connectivity index (χ1v) is 6.70. The lowest BCUT2D eigenvalue weighted by molar-refractivity contribution is 0.105. The molecule has 2 rings (SSSR count). The highest BCUT2D eigenvalue weighted by atomic mass is 32.2. The SMILES string of the molecule is Cc1ccc([S@](=O)C[C@@]2(CC(F)F)CO2)cc1. The number of ether oxygens (including phenoxy) is 1. The van der Waals surface area contributed by atoms with E-state index in [2.05, 4.69) is 0 Å². The van der Waals surface area contributed by atoms with E-state index < -0.39 is 22.8 Å². The molecule has 2 atom stereocenters. The Bertz CT molecular complexity index is 413. The highest BCUT2D eigenvalue weighted by Gasteiger charge is 2.48. The molecule has 17 heavy (non-hydrogen) atoms. The normalized spacial score (nSPS) is 24.9. The molecular formula is C12H14F2O2S. The van der Waals surface area contributed by atoms with Crippen molar-refractivity contribution in [3.05, 3.63) is 29.8 Å². The van der Waals surface area contributed by atoms with E-state index in [1.54, 1.807) is 12.1 Å². The summed E-state index contributed by atoms with van der Waals surface area (Å²) in [6.45, 7) is 2.23. The van der Waals surface area contributed by atoms with Gasteiger partial charge in [0.2, 0.25) is 6.43 Å². The van der Waals surface area contributed by atoms with Crippen LogP contribution in [0.3, 0.4) is 0 Å². The number of rotatable bonds is 5. The van der Waals surface area contributed by atoms with Crippen molar-refractivity contribution < 1.29 is 17.7 Å². The van der Waals surface area contributed by atoms with Crippen LogP contribution in [0.15, 0.2) is 29.2 Å². The van der Waals surface area contributed by atoms with Crippen molar-refractivity contribution in [3.8, 4) is 0 Å². The van der Waals surface area contributed by atoms with Gasteiger partial charge in [0, 0.05) is 11.3 Å². The maximum atomic E-state index is 12.3. The molecule has 0 saturated carbocycles. The lowest BCUT2D eigenvalue weighted by atomic mass is 10.1. The molecule has 1 aromatic rings. The fourth-order valence-electron chi connectivity index (χ4n) is 1.66. The van der Waals surface area contributed by atoms with E-state index in [0.717, 1.165) is 5.56 Å².